The molecule has 1 aliphatic carbocycles. The molecule has 3 heteroatoms. The zero-order chi connectivity index (χ0) is 13.7. The molecule has 2 fully saturated rings. The van der Waals surface area contributed by atoms with Gasteiger partial charge in [0.15, 0.2) is 0 Å². The van der Waals surface area contributed by atoms with Gasteiger partial charge in [0, 0.05) is 11.6 Å². The quantitative estimate of drug-likeness (QED) is 0.441. The van der Waals surface area contributed by atoms with Crippen molar-refractivity contribution in [3.05, 3.63) is 12.2 Å². The van der Waals surface area contributed by atoms with Crippen molar-refractivity contribution in [1.82, 2.24) is 10.3 Å². The fourth-order valence-electron chi connectivity index (χ4n) is 4.11. The molecule has 3 N–H and O–H groups in total. The lowest BCUT2D eigenvalue weighted by Gasteiger charge is -2.48. The van der Waals surface area contributed by atoms with Crippen molar-refractivity contribution in [2.75, 3.05) is 13.1 Å². The predicted molar refractivity (Wildman–Crippen MR) is 81.8 cm³/mol. The van der Waals surface area contributed by atoms with E-state index in [0.717, 1.165) is 12.8 Å². The van der Waals surface area contributed by atoms with Crippen molar-refractivity contribution < 1.29 is 0 Å². The number of hydrogen-bond acceptors (Lipinski definition) is 3. The summed E-state index contributed by atoms with van der Waals surface area (Å²) in [4.78, 5) is 2.76. The van der Waals surface area contributed by atoms with Gasteiger partial charge in [-0.1, -0.05) is 24.8 Å². The molecule has 1 atom stereocenters. The van der Waals surface area contributed by atoms with Crippen LogP contribution in [0.15, 0.2) is 12.2 Å². The fraction of sp³-hybridized carbons (Fsp3) is 0.875. The Morgan fingerprint density at radius 2 is 1.84 bits per heavy atom. The Bertz CT molecular complexity index is 288. The first-order valence-corrected chi connectivity index (χ1v) is 8.04. The third kappa shape index (κ3) is 3.39. The molecule has 0 bridgehead atoms. The van der Waals surface area contributed by atoms with E-state index in [9.17, 15) is 0 Å². The molecule has 1 saturated heterocycles. The molecule has 19 heavy (non-hydrogen) atoms. The highest BCUT2D eigenvalue weighted by Crippen LogP contribution is 2.40. The molecule has 2 aliphatic rings. The maximum absolute atomic E-state index is 5.92. The van der Waals surface area contributed by atoms with Gasteiger partial charge in [0.1, 0.15) is 0 Å². The molecule has 1 saturated carbocycles. The smallest absolute Gasteiger partial charge is 0.0397 e. The normalized spacial score (nSPS) is 25.4. The maximum Gasteiger partial charge on any atom is 0.0397 e. The molecular weight excluding hydrogens is 234 g/mol. The van der Waals surface area contributed by atoms with Crippen LogP contribution < -0.4 is 11.3 Å². The van der Waals surface area contributed by atoms with Gasteiger partial charge in [-0.15, -0.1) is 6.58 Å². The number of nitrogens with two attached hydrogens (primary N) is 1. The molecule has 2 rings (SSSR count). The Labute approximate surface area is 118 Å². The minimum absolute atomic E-state index is 0.324. The van der Waals surface area contributed by atoms with Crippen LogP contribution in [-0.4, -0.2) is 29.6 Å². The minimum Gasteiger partial charge on any atom is -0.296 e. The topological polar surface area (TPSA) is 41.3 Å². The molecule has 0 spiro atoms. The second-order valence-corrected chi connectivity index (χ2v) is 6.57. The third-order valence-electron chi connectivity index (χ3n) is 5.16. The number of hydrazine groups is 1. The van der Waals surface area contributed by atoms with Gasteiger partial charge < -0.3 is 0 Å². The zero-order valence-corrected chi connectivity index (χ0v) is 12.6. The Morgan fingerprint density at radius 1 is 1.21 bits per heavy atom. The highest BCUT2D eigenvalue weighted by atomic mass is 15.3. The largest absolute Gasteiger partial charge is 0.296 e. The van der Waals surface area contributed by atoms with E-state index in [4.69, 9.17) is 5.84 Å². The summed E-state index contributed by atoms with van der Waals surface area (Å²) < 4.78 is 0. The van der Waals surface area contributed by atoms with Crippen molar-refractivity contribution in [1.29, 1.82) is 0 Å². The third-order valence-corrected chi connectivity index (χ3v) is 5.16. The summed E-state index contributed by atoms with van der Waals surface area (Å²) in [5, 5.41) is 0. The van der Waals surface area contributed by atoms with E-state index in [2.05, 4.69) is 23.8 Å². The van der Waals surface area contributed by atoms with Gasteiger partial charge in [-0.05, 0) is 58.5 Å². The second kappa shape index (κ2) is 6.87. The van der Waals surface area contributed by atoms with Gasteiger partial charge in [-0.2, -0.15) is 0 Å². The van der Waals surface area contributed by atoms with Gasteiger partial charge >= 0.3 is 0 Å². The summed E-state index contributed by atoms with van der Waals surface area (Å²) >= 11 is 0. The first-order chi connectivity index (χ1) is 9.19. The molecule has 0 aromatic rings. The summed E-state index contributed by atoms with van der Waals surface area (Å²) in [5.41, 5.74) is 4.75. The van der Waals surface area contributed by atoms with E-state index in [1.54, 1.807) is 0 Å². The molecule has 1 aliphatic heterocycles. The maximum atomic E-state index is 5.92. The van der Waals surface area contributed by atoms with Crippen LogP contribution in [0.5, 0.6) is 0 Å². The van der Waals surface area contributed by atoms with Gasteiger partial charge in [-0.25, -0.2) is 0 Å². The number of nitrogens with one attached hydrogen (secondary N) is 1. The van der Waals surface area contributed by atoms with Crippen LogP contribution in [0.2, 0.25) is 0 Å². The number of piperidine rings is 1. The van der Waals surface area contributed by atoms with Gasteiger partial charge in [0.2, 0.25) is 0 Å². The van der Waals surface area contributed by atoms with Gasteiger partial charge in [0.05, 0.1) is 0 Å². The summed E-state index contributed by atoms with van der Waals surface area (Å²) in [6, 6.07) is 0.421. The first kappa shape index (κ1) is 15.0. The lowest BCUT2D eigenvalue weighted by Crippen LogP contribution is -2.62. The Hall–Kier alpha value is -0.380. The number of nitrogens with zero attached hydrogens (tertiary/aromatic N) is 1. The molecule has 0 amide bonds. The van der Waals surface area contributed by atoms with Crippen LogP contribution >= 0.6 is 0 Å². The average Bonchev–Trinajstić information content (AvgIpc) is 2.91. The number of allylic oxidation sites excluding steroid dienone is 1. The lowest BCUT2D eigenvalue weighted by molar-refractivity contribution is 0.0340. The molecule has 3 nitrogen and oxygen atoms in total. The molecular formula is C16H31N3. The van der Waals surface area contributed by atoms with E-state index in [0.29, 0.717) is 11.6 Å². The molecule has 0 aromatic carbocycles. The van der Waals surface area contributed by atoms with E-state index in [1.165, 1.54) is 63.6 Å². The van der Waals surface area contributed by atoms with E-state index < -0.39 is 0 Å². The number of hydrogen-bond donors (Lipinski definition) is 2. The van der Waals surface area contributed by atoms with Crippen LogP contribution in [0, 0.1) is 0 Å². The average molecular weight is 265 g/mol. The first-order valence-electron chi connectivity index (χ1n) is 8.04. The van der Waals surface area contributed by atoms with Crippen LogP contribution in [-0.2, 0) is 0 Å². The molecule has 110 valence electrons. The van der Waals surface area contributed by atoms with E-state index >= 15 is 0 Å². The van der Waals surface area contributed by atoms with Crippen molar-refractivity contribution >= 4 is 0 Å². The molecule has 0 radical (unpaired) electrons. The highest BCUT2D eigenvalue weighted by molar-refractivity contribution is 5.05. The summed E-state index contributed by atoms with van der Waals surface area (Å²) in [7, 11) is 0. The number of rotatable bonds is 6. The minimum atomic E-state index is 0.324. The van der Waals surface area contributed by atoms with Gasteiger partial charge in [-0.3, -0.25) is 16.2 Å². The van der Waals surface area contributed by atoms with Crippen molar-refractivity contribution in [3.63, 3.8) is 0 Å². The van der Waals surface area contributed by atoms with Crippen LogP contribution in [0.4, 0.5) is 0 Å². The lowest BCUT2D eigenvalue weighted by atomic mass is 9.82. The zero-order valence-electron chi connectivity index (χ0n) is 12.6. The molecule has 1 heterocycles. The van der Waals surface area contributed by atoms with Crippen molar-refractivity contribution in [3.8, 4) is 0 Å². The highest BCUT2D eigenvalue weighted by Gasteiger charge is 2.45. The summed E-state index contributed by atoms with van der Waals surface area (Å²) in [6.45, 7) is 8.70. The van der Waals surface area contributed by atoms with E-state index in [1.807, 2.05) is 0 Å². The monoisotopic (exact) mass is 265 g/mol. The van der Waals surface area contributed by atoms with Crippen LogP contribution in [0.1, 0.15) is 64.7 Å². The summed E-state index contributed by atoms with van der Waals surface area (Å²) in [6.07, 6.45) is 11.7. The van der Waals surface area contributed by atoms with Crippen molar-refractivity contribution in [2.45, 2.75) is 76.3 Å². The van der Waals surface area contributed by atoms with Crippen molar-refractivity contribution in [2.24, 2.45) is 5.84 Å². The SMILES string of the molecule is C=C(C)CCC(NN)C1(N2CCCCC2)CCCC1. The number of likely N-dealkylation sites (tertiary alicyclic amines) is 1. The predicted octanol–water partition coefficient (Wildman–Crippen LogP) is 2.97. The Balaban J connectivity index is 2.08. The molecule has 1 unspecified atom stereocenters. The van der Waals surface area contributed by atoms with E-state index in [-0.39, 0.29) is 0 Å². The Kier molecular flexibility index (Phi) is 5.43. The standard InChI is InChI=1S/C16H31N3/c1-14(2)8-9-15(18-17)16(10-4-5-11-16)19-12-6-3-7-13-19/h15,18H,1,3-13,17H2,2H3. The van der Waals surface area contributed by atoms with Crippen LogP contribution in [0.25, 0.3) is 0 Å². The Morgan fingerprint density at radius 3 is 2.37 bits per heavy atom. The second-order valence-electron chi connectivity index (χ2n) is 6.57. The van der Waals surface area contributed by atoms with Gasteiger partial charge in [0.25, 0.3) is 0 Å². The molecule has 0 aromatic heterocycles. The summed E-state index contributed by atoms with van der Waals surface area (Å²) in [5.74, 6) is 5.92. The van der Waals surface area contributed by atoms with Crippen LogP contribution in [0.3, 0.4) is 0 Å². The fourth-order valence-corrected chi connectivity index (χ4v) is 4.11.